The maximum atomic E-state index is 13.2. The van der Waals surface area contributed by atoms with Crippen LogP contribution in [0.15, 0.2) is 29.0 Å². The van der Waals surface area contributed by atoms with Crippen molar-refractivity contribution in [1.82, 2.24) is 9.97 Å². The number of benzene rings is 1. The van der Waals surface area contributed by atoms with Crippen molar-refractivity contribution in [3.8, 4) is 6.07 Å². The van der Waals surface area contributed by atoms with Crippen molar-refractivity contribution in [2.75, 3.05) is 10.7 Å². The van der Waals surface area contributed by atoms with E-state index in [1.54, 1.807) is 6.07 Å². The van der Waals surface area contributed by atoms with E-state index >= 15 is 0 Å². The number of nitrogens with one attached hydrogen (secondary N) is 2. The van der Waals surface area contributed by atoms with Gasteiger partial charge in [0.1, 0.15) is 28.5 Å². The minimum atomic E-state index is -0.570. The molecule has 2 rings (SSSR count). The normalized spacial score (nSPS) is 9.79. The van der Waals surface area contributed by atoms with Crippen LogP contribution in [0.5, 0.6) is 0 Å². The zero-order chi connectivity index (χ0) is 13.8. The van der Waals surface area contributed by atoms with E-state index in [0.717, 1.165) is 0 Å². The molecule has 0 aliphatic heterocycles. The molecule has 1 aromatic carbocycles. The molecule has 0 amide bonds. The Morgan fingerprint density at radius 1 is 1.32 bits per heavy atom. The summed E-state index contributed by atoms with van der Waals surface area (Å²) in [7, 11) is 0. The largest absolute Gasteiger partial charge is 0.339 e. The first kappa shape index (κ1) is 13.2. The van der Waals surface area contributed by atoms with E-state index in [1.807, 2.05) is 0 Å². The number of nitrogen functional groups attached to an aromatic ring is 1. The lowest BCUT2D eigenvalue weighted by atomic mass is 10.2. The Balaban J connectivity index is 2.34. The first-order chi connectivity index (χ1) is 9.15. The van der Waals surface area contributed by atoms with E-state index in [4.69, 9.17) is 11.1 Å². The number of rotatable bonds is 3. The number of nitriles is 1. The molecule has 0 radical (unpaired) electrons. The summed E-state index contributed by atoms with van der Waals surface area (Å²) in [6.07, 6.45) is 1.32. The Kier molecular flexibility index (Phi) is 3.89. The minimum Gasteiger partial charge on any atom is -0.339 e. The lowest BCUT2D eigenvalue weighted by Crippen LogP contribution is -2.10. The van der Waals surface area contributed by atoms with Crippen molar-refractivity contribution in [2.45, 2.75) is 0 Å². The zero-order valence-electron chi connectivity index (χ0n) is 9.48. The number of aromatic nitrogens is 2. The molecule has 2 aromatic rings. The van der Waals surface area contributed by atoms with E-state index in [1.165, 1.54) is 24.5 Å². The molecule has 96 valence electrons. The lowest BCUT2D eigenvalue weighted by molar-refractivity contribution is 0.624. The highest BCUT2D eigenvalue weighted by Gasteiger charge is 2.09. The number of hydrazine groups is 1. The highest BCUT2D eigenvalue weighted by molar-refractivity contribution is 9.10. The fraction of sp³-hybridized carbons (Fsp3) is 0. The summed E-state index contributed by atoms with van der Waals surface area (Å²) in [6.45, 7) is 0. The van der Waals surface area contributed by atoms with Gasteiger partial charge in [0, 0.05) is 5.69 Å². The Bertz CT molecular complexity index is 654. The number of nitrogens with two attached hydrogens (primary N) is 1. The molecule has 0 fully saturated rings. The third-order valence-corrected chi connectivity index (χ3v) is 3.03. The van der Waals surface area contributed by atoms with Gasteiger partial charge in [-0.1, -0.05) is 0 Å². The molecule has 0 aliphatic carbocycles. The molecule has 0 saturated heterocycles. The Labute approximate surface area is 116 Å². The fourth-order valence-electron chi connectivity index (χ4n) is 1.38. The third kappa shape index (κ3) is 2.78. The molecule has 4 N–H and O–H groups in total. The fourth-order valence-corrected chi connectivity index (χ4v) is 1.80. The van der Waals surface area contributed by atoms with E-state index < -0.39 is 5.82 Å². The maximum Gasteiger partial charge on any atom is 0.159 e. The molecule has 0 unspecified atom stereocenters. The summed E-state index contributed by atoms with van der Waals surface area (Å²) in [5, 5.41) is 11.7. The van der Waals surface area contributed by atoms with Crippen molar-refractivity contribution in [3.05, 3.63) is 40.4 Å². The molecule has 0 spiro atoms. The van der Waals surface area contributed by atoms with Gasteiger partial charge in [0.05, 0.1) is 5.56 Å². The van der Waals surface area contributed by atoms with Crippen LogP contribution in [0, 0.1) is 17.1 Å². The summed E-state index contributed by atoms with van der Waals surface area (Å²) in [5.74, 6) is 5.56. The molecule has 1 aromatic heterocycles. The summed E-state index contributed by atoms with van der Waals surface area (Å²) >= 11 is 3.28. The van der Waals surface area contributed by atoms with Crippen LogP contribution in [0.25, 0.3) is 0 Å². The van der Waals surface area contributed by atoms with E-state index in [2.05, 4.69) is 36.6 Å². The summed E-state index contributed by atoms with van der Waals surface area (Å²) in [5.41, 5.74) is 2.88. The topological polar surface area (TPSA) is 99.6 Å². The quantitative estimate of drug-likeness (QED) is 0.592. The Morgan fingerprint density at radius 2 is 2.05 bits per heavy atom. The van der Waals surface area contributed by atoms with Gasteiger partial charge in [-0.15, -0.1) is 0 Å². The molecule has 0 saturated carbocycles. The molecule has 19 heavy (non-hydrogen) atoms. The van der Waals surface area contributed by atoms with Crippen LogP contribution in [-0.4, -0.2) is 9.97 Å². The molecule has 0 bridgehead atoms. The molecule has 0 aliphatic rings. The van der Waals surface area contributed by atoms with Gasteiger partial charge in [-0.05, 0) is 34.1 Å². The minimum absolute atomic E-state index is 0.0487. The highest BCUT2D eigenvalue weighted by atomic mass is 79.9. The van der Waals surface area contributed by atoms with Crippen LogP contribution in [0.1, 0.15) is 5.56 Å². The number of hydrogen-bond donors (Lipinski definition) is 3. The second-order valence-electron chi connectivity index (χ2n) is 3.46. The highest BCUT2D eigenvalue weighted by Crippen LogP contribution is 2.28. The van der Waals surface area contributed by atoms with Crippen molar-refractivity contribution in [3.63, 3.8) is 0 Å². The van der Waals surface area contributed by atoms with Gasteiger partial charge in [-0.25, -0.2) is 20.2 Å². The van der Waals surface area contributed by atoms with Gasteiger partial charge in [-0.3, -0.25) is 0 Å². The maximum absolute atomic E-state index is 13.2. The molecule has 1 heterocycles. The predicted molar refractivity (Wildman–Crippen MR) is 71.9 cm³/mol. The monoisotopic (exact) mass is 322 g/mol. The molecular formula is C11H8BrFN6. The summed E-state index contributed by atoms with van der Waals surface area (Å²) < 4.78 is 13.7. The van der Waals surface area contributed by atoms with Crippen molar-refractivity contribution < 1.29 is 4.39 Å². The van der Waals surface area contributed by atoms with E-state index in [-0.39, 0.29) is 5.56 Å². The average Bonchev–Trinajstić information content (AvgIpc) is 2.43. The van der Waals surface area contributed by atoms with E-state index in [0.29, 0.717) is 21.8 Å². The van der Waals surface area contributed by atoms with Crippen LogP contribution >= 0.6 is 15.9 Å². The van der Waals surface area contributed by atoms with Gasteiger partial charge in [0.2, 0.25) is 0 Å². The number of nitrogens with zero attached hydrogens (tertiary/aromatic N) is 3. The van der Waals surface area contributed by atoms with Gasteiger partial charge in [0.25, 0.3) is 0 Å². The standard InChI is InChI=1S/C11H8BrFN6/c12-9-10(16-5-17-11(9)19-15)18-7-1-2-8(13)6(3-7)4-14/h1-3,5H,15H2,(H2,16,17,18,19). The Hall–Kier alpha value is -2.24. The summed E-state index contributed by atoms with van der Waals surface area (Å²) in [6, 6.07) is 5.86. The van der Waals surface area contributed by atoms with E-state index in [9.17, 15) is 4.39 Å². The molecular weight excluding hydrogens is 315 g/mol. The predicted octanol–water partition coefficient (Wildman–Crippen LogP) is 2.28. The molecule has 8 heteroatoms. The number of hydrogen-bond acceptors (Lipinski definition) is 6. The SMILES string of the molecule is N#Cc1cc(Nc2ncnc(NN)c2Br)ccc1F. The van der Waals surface area contributed by atoms with Crippen molar-refractivity contribution in [2.24, 2.45) is 5.84 Å². The Morgan fingerprint density at radius 3 is 2.74 bits per heavy atom. The van der Waals surface area contributed by atoms with Gasteiger partial charge >= 0.3 is 0 Å². The van der Waals surface area contributed by atoms with Crippen LogP contribution in [0.2, 0.25) is 0 Å². The van der Waals surface area contributed by atoms with Gasteiger partial charge in [0.15, 0.2) is 5.82 Å². The van der Waals surface area contributed by atoms with Crippen molar-refractivity contribution in [1.29, 1.82) is 5.26 Å². The first-order valence-electron chi connectivity index (χ1n) is 5.09. The van der Waals surface area contributed by atoms with Gasteiger partial charge < -0.3 is 10.7 Å². The second kappa shape index (κ2) is 5.60. The molecule has 0 atom stereocenters. The average molecular weight is 323 g/mol. The summed E-state index contributed by atoms with van der Waals surface area (Å²) in [4.78, 5) is 7.92. The van der Waals surface area contributed by atoms with Crippen LogP contribution in [0.4, 0.5) is 21.7 Å². The van der Waals surface area contributed by atoms with Crippen molar-refractivity contribution >= 4 is 33.3 Å². The zero-order valence-corrected chi connectivity index (χ0v) is 11.1. The number of halogens is 2. The first-order valence-corrected chi connectivity index (χ1v) is 5.88. The second-order valence-corrected chi connectivity index (χ2v) is 4.25. The van der Waals surface area contributed by atoms with Gasteiger partial charge in [-0.2, -0.15) is 5.26 Å². The smallest absolute Gasteiger partial charge is 0.159 e. The molecule has 6 nitrogen and oxygen atoms in total. The van der Waals surface area contributed by atoms with Crippen LogP contribution in [0.3, 0.4) is 0 Å². The third-order valence-electron chi connectivity index (χ3n) is 2.28. The van der Waals surface area contributed by atoms with Crippen LogP contribution in [-0.2, 0) is 0 Å². The van der Waals surface area contributed by atoms with Crippen LogP contribution < -0.4 is 16.6 Å². The number of anilines is 3. The lowest BCUT2D eigenvalue weighted by Gasteiger charge is -2.10.